The molecule has 18 heavy (non-hydrogen) atoms. The SMILES string of the molecule is CCOC(=O)c1cc(C(=O)/N=C/N(C)C)ccn1. The normalized spacial score (nSPS) is 10.4. The molecule has 1 heterocycles. The number of carbonyl (C=O) groups excluding carboxylic acids is 2. The fraction of sp³-hybridized carbons (Fsp3) is 0.333. The zero-order valence-electron chi connectivity index (χ0n) is 10.6. The molecule has 0 saturated heterocycles. The van der Waals surface area contributed by atoms with Gasteiger partial charge in [-0.15, -0.1) is 0 Å². The largest absolute Gasteiger partial charge is 0.461 e. The zero-order chi connectivity index (χ0) is 13.5. The highest BCUT2D eigenvalue weighted by Gasteiger charge is 2.11. The Balaban J connectivity index is 2.88. The molecule has 6 heteroatoms. The van der Waals surface area contributed by atoms with Gasteiger partial charge in [0.1, 0.15) is 5.69 Å². The molecular weight excluding hydrogens is 234 g/mol. The minimum Gasteiger partial charge on any atom is -0.461 e. The van der Waals surface area contributed by atoms with E-state index in [1.807, 2.05) is 0 Å². The Morgan fingerprint density at radius 2 is 2.22 bits per heavy atom. The van der Waals surface area contributed by atoms with E-state index in [2.05, 4.69) is 9.98 Å². The maximum atomic E-state index is 11.7. The third-order valence-electron chi connectivity index (χ3n) is 1.90. The molecule has 0 aromatic carbocycles. The number of aromatic nitrogens is 1. The van der Waals surface area contributed by atoms with Crippen LogP contribution in [0.3, 0.4) is 0 Å². The van der Waals surface area contributed by atoms with Crippen LogP contribution >= 0.6 is 0 Å². The van der Waals surface area contributed by atoms with E-state index in [9.17, 15) is 9.59 Å². The summed E-state index contributed by atoms with van der Waals surface area (Å²) in [6, 6.07) is 2.87. The maximum Gasteiger partial charge on any atom is 0.356 e. The summed E-state index contributed by atoms with van der Waals surface area (Å²) in [5.41, 5.74) is 0.397. The van der Waals surface area contributed by atoms with Crippen LogP contribution in [0.4, 0.5) is 0 Å². The third kappa shape index (κ3) is 3.97. The third-order valence-corrected chi connectivity index (χ3v) is 1.90. The van der Waals surface area contributed by atoms with E-state index >= 15 is 0 Å². The zero-order valence-corrected chi connectivity index (χ0v) is 10.6. The minimum absolute atomic E-state index is 0.0998. The predicted octanol–water partition coefficient (Wildman–Crippen LogP) is 0.988. The Morgan fingerprint density at radius 3 is 2.83 bits per heavy atom. The molecule has 0 fully saturated rings. The molecule has 0 bridgehead atoms. The van der Waals surface area contributed by atoms with Crippen molar-refractivity contribution in [3.8, 4) is 0 Å². The number of aliphatic imine (C=N–C) groups is 1. The molecule has 1 rings (SSSR count). The smallest absolute Gasteiger partial charge is 0.356 e. The van der Waals surface area contributed by atoms with Gasteiger partial charge in [0.25, 0.3) is 5.91 Å². The van der Waals surface area contributed by atoms with Gasteiger partial charge in [0, 0.05) is 25.9 Å². The summed E-state index contributed by atoms with van der Waals surface area (Å²) in [7, 11) is 3.51. The Labute approximate surface area is 105 Å². The van der Waals surface area contributed by atoms with Crippen LogP contribution in [0.25, 0.3) is 0 Å². The van der Waals surface area contributed by atoms with Crippen molar-refractivity contribution in [2.45, 2.75) is 6.92 Å². The van der Waals surface area contributed by atoms with Crippen molar-refractivity contribution in [2.75, 3.05) is 20.7 Å². The topological polar surface area (TPSA) is 71.9 Å². The summed E-state index contributed by atoms with van der Waals surface area (Å²) in [4.78, 5) is 32.3. The first-order chi connectivity index (χ1) is 8.54. The number of pyridine rings is 1. The molecule has 0 aliphatic heterocycles. The van der Waals surface area contributed by atoms with Gasteiger partial charge in [0.15, 0.2) is 0 Å². The average molecular weight is 249 g/mol. The van der Waals surface area contributed by atoms with Crippen LogP contribution in [0.5, 0.6) is 0 Å². The number of carbonyl (C=O) groups is 2. The van der Waals surface area contributed by atoms with Gasteiger partial charge in [0.05, 0.1) is 12.9 Å². The lowest BCUT2D eigenvalue weighted by molar-refractivity contribution is 0.0519. The lowest BCUT2D eigenvalue weighted by Crippen LogP contribution is -2.11. The van der Waals surface area contributed by atoms with Gasteiger partial charge in [-0.2, -0.15) is 4.99 Å². The summed E-state index contributed by atoms with van der Waals surface area (Å²) in [6.07, 6.45) is 2.78. The average Bonchev–Trinajstić information content (AvgIpc) is 2.36. The number of hydrogen-bond donors (Lipinski definition) is 0. The summed E-state index contributed by atoms with van der Waals surface area (Å²) in [5.74, 6) is -0.986. The number of esters is 1. The van der Waals surface area contributed by atoms with Crippen molar-refractivity contribution >= 4 is 18.2 Å². The number of hydrogen-bond acceptors (Lipinski definition) is 4. The van der Waals surface area contributed by atoms with Crippen molar-refractivity contribution in [1.29, 1.82) is 0 Å². The summed E-state index contributed by atoms with van der Waals surface area (Å²) in [6.45, 7) is 1.96. The van der Waals surface area contributed by atoms with Gasteiger partial charge in [0.2, 0.25) is 0 Å². The summed E-state index contributed by atoms with van der Waals surface area (Å²) >= 11 is 0. The maximum absolute atomic E-state index is 11.7. The Kier molecular flexibility index (Phi) is 4.98. The molecule has 0 atom stereocenters. The van der Waals surface area contributed by atoms with Crippen LogP contribution in [-0.4, -0.2) is 48.8 Å². The van der Waals surface area contributed by atoms with Crippen molar-refractivity contribution in [1.82, 2.24) is 9.88 Å². The van der Waals surface area contributed by atoms with E-state index in [0.717, 1.165) is 0 Å². The van der Waals surface area contributed by atoms with Crippen LogP contribution in [0, 0.1) is 0 Å². The molecule has 0 aliphatic rings. The van der Waals surface area contributed by atoms with Gasteiger partial charge >= 0.3 is 5.97 Å². The quantitative estimate of drug-likeness (QED) is 0.452. The molecule has 1 aromatic heterocycles. The summed E-state index contributed by atoms with van der Waals surface area (Å²) < 4.78 is 4.80. The molecular formula is C12H15N3O3. The van der Waals surface area contributed by atoms with Crippen LogP contribution in [-0.2, 0) is 4.74 Å². The first-order valence-electron chi connectivity index (χ1n) is 5.42. The van der Waals surface area contributed by atoms with Gasteiger partial charge in [-0.3, -0.25) is 4.79 Å². The Morgan fingerprint density at radius 1 is 1.50 bits per heavy atom. The number of amides is 1. The minimum atomic E-state index is -0.552. The first-order valence-corrected chi connectivity index (χ1v) is 5.42. The van der Waals surface area contributed by atoms with Crippen LogP contribution in [0.2, 0.25) is 0 Å². The lowest BCUT2D eigenvalue weighted by Gasteiger charge is -2.03. The molecule has 6 nitrogen and oxygen atoms in total. The standard InChI is InChI=1S/C12H15N3O3/c1-4-18-12(17)10-7-9(5-6-13-10)11(16)14-8-15(2)3/h5-8H,4H2,1-3H3/b14-8+. The van der Waals surface area contributed by atoms with Gasteiger partial charge in [-0.05, 0) is 19.1 Å². The van der Waals surface area contributed by atoms with Crippen molar-refractivity contribution in [3.63, 3.8) is 0 Å². The van der Waals surface area contributed by atoms with Crippen LogP contribution in [0.1, 0.15) is 27.8 Å². The summed E-state index contributed by atoms with van der Waals surface area (Å²) in [5, 5.41) is 0. The predicted molar refractivity (Wildman–Crippen MR) is 66.7 cm³/mol. The molecule has 0 N–H and O–H groups in total. The molecule has 1 amide bonds. The molecule has 0 saturated carbocycles. The van der Waals surface area contributed by atoms with E-state index in [4.69, 9.17) is 4.74 Å². The molecule has 0 aliphatic carbocycles. The second-order valence-electron chi connectivity index (χ2n) is 3.66. The second-order valence-corrected chi connectivity index (χ2v) is 3.66. The fourth-order valence-corrected chi connectivity index (χ4v) is 1.12. The fourth-order valence-electron chi connectivity index (χ4n) is 1.12. The van der Waals surface area contributed by atoms with Crippen molar-refractivity contribution in [3.05, 3.63) is 29.6 Å². The first kappa shape index (κ1) is 13.8. The number of nitrogens with zero attached hydrogens (tertiary/aromatic N) is 3. The van der Waals surface area contributed by atoms with Crippen molar-refractivity contribution in [2.24, 2.45) is 4.99 Å². The molecule has 96 valence electrons. The highest BCUT2D eigenvalue weighted by Crippen LogP contribution is 2.05. The monoisotopic (exact) mass is 249 g/mol. The van der Waals surface area contributed by atoms with Crippen molar-refractivity contribution < 1.29 is 14.3 Å². The van der Waals surface area contributed by atoms with E-state index in [0.29, 0.717) is 5.56 Å². The highest BCUT2D eigenvalue weighted by molar-refractivity contribution is 6.00. The van der Waals surface area contributed by atoms with Gasteiger partial charge < -0.3 is 9.64 Å². The van der Waals surface area contributed by atoms with E-state index in [1.54, 1.807) is 25.9 Å². The molecule has 0 radical (unpaired) electrons. The van der Waals surface area contributed by atoms with Gasteiger partial charge in [-0.1, -0.05) is 0 Å². The number of ether oxygens (including phenoxy) is 1. The molecule has 1 aromatic rings. The van der Waals surface area contributed by atoms with Crippen LogP contribution < -0.4 is 0 Å². The van der Waals surface area contributed by atoms with E-state index < -0.39 is 11.9 Å². The second kappa shape index (κ2) is 6.48. The van der Waals surface area contributed by atoms with Gasteiger partial charge in [-0.25, -0.2) is 9.78 Å². The highest BCUT2D eigenvalue weighted by atomic mass is 16.5. The van der Waals surface area contributed by atoms with E-state index in [1.165, 1.54) is 24.7 Å². The Bertz CT molecular complexity index is 469. The lowest BCUT2D eigenvalue weighted by atomic mass is 10.2. The Hall–Kier alpha value is -2.24. The molecule has 0 unspecified atom stereocenters. The van der Waals surface area contributed by atoms with Crippen LogP contribution in [0.15, 0.2) is 23.3 Å². The van der Waals surface area contributed by atoms with E-state index in [-0.39, 0.29) is 12.3 Å². The molecule has 0 spiro atoms. The number of rotatable bonds is 4.